The van der Waals surface area contributed by atoms with Crippen LogP contribution in [0.3, 0.4) is 0 Å². The van der Waals surface area contributed by atoms with Gasteiger partial charge in [0.25, 0.3) is 5.91 Å². The van der Waals surface area contributed by atoms with Crippen LogP contribution in [-0.4, -0.2) is 26.6 Å². The maximum atomic E-state index is 13.0. The van der Waals surface area contributed by atoms with Gasteiger partial charge in [0.1, 0.15) is 5.82 Å². The van der Waals surface area contributed by atoms with Crippen LogP contribution in [0.1, 0.15) is 28.9 Å². The van der Waals surface area contributed by atoms with Gasteiger partial charge in [0.15, 0.2) is 0 Å². The number of carbonyl (C=O) groups excluding carboxylic acids is 1. The number of nitrogens with one attached hydrogen (secondary N) is 1. The number of aliphatic hydroxyl groups excluding tert-OH is 1. The van der Waals surface area contributed by atoms with Gasteiger partial charge in [0.2, 0.25) is 0 Å². The predicted molar refractivity (Wildman–Crippen MR) is 91.9 cm³/mol. The third kappa shape index (κ3) is 3.92. The lowest BCUT2D eigenvalue weighted by Crippen LogP contribution is -2.37. The average Bonchev–Trinajstić information content (AvgIpc) is 3.16. The van der Waals surface area contributed by atoms with Gasteiger partial charge in [0, 0.05) is 23.6 Å². The van der Waals surface area contributed by atoms with Gasteiger partial charge >= 0.3 is 0 Å². The largest absolute Gasteiger partial charge is 0.386 e. The van der Waals surface area contributed by atoms with Gasteiger partial charge in [0.05, 0.1) is 18.5 Å². The van der Waals surface area contributed by atoms with E-state index in [1.165, 1.54) is 24.3 Å². The van der Waals surface area contributed by atoms with Crippen LogP contribution in [0.25, 0.3) is 5.69 Å². The minimum atomic E-state index is -0.922. The summed E-state index contributed by atoms with van der Waals surface area (Å²) in [6.45, 7) is 1.70. The maximum absolute atomic E-state index is 13.0. The van der Waals surface area contributed by atoms with Crippen molar-refractivity contribution >= 4 is 5.91 Å². The van der Waals surface area contributed by atoms with E-state index in [2.05, 4.69) is 10.3 Å². The quantitative estimate of drug-likeness (QED) is 0.751. The van der Waals surface area contributed by atoms with Crippen LogP contribution in [0.15, 0.2) is 67.3 Å². The Labute approximate surface area is 144 Å². The number of nitrogens with zero attached hydrogens (tertiary/aromatic N) is 2. The smallest absolute Gasteiger partial charge is 0.251 e. The number of aromatic nitrogens is 2. The summed E-state index contributed by atoms with van der Waals surface area (Å²) in [5, 5.41) is 13.1. The zero-order chi connectivity index (χ0) is 17.8. The number of halogens is 1. The molecule has 6 heteroatoms. The Hall–Kier alpha value is -2.99. The zero-order valence-corrected chi connectivity index (χ0v) is 13.6. The number of amides is 1. The van der Waals surface area contributed by atoms with E-state index in [0.717, 1.165) is 5.69 Å². The molecule has 0 aliphatic heterocycles. The number of hydrogen-bond acceptors (Lipinski definition) is 3. The molecule has 3 rings (SSSR count). The lowest BCUT2D eigenvalue weighted by Gasteiger charge is -2.20. The molecule has 2 N–H and O–H groups in total. The van der Waals surface area contributed by atoms with E-state index in [1.807, 2.05) is 22.9 Å². The molecule has 1 amide bonds. The summed E-state index contributed by atoms with van der Waals surface area (Å²) in [5.41, 5.74) is 1.93. The lowest BCUT2D eigenvalue weighted by atomic mass is 10.0. The van der Waals surface area contributed by atoms with Crippen molar-refractivity contribution in [1.29, 1.82) is 0 Å². The van der Waals surface area contributed by atoms with E-state index in [0.29, 0.717) is 11.1 Å². The van der Waals surface area contributed by atoms with Crippen molar-refractivity contribution in [3.63, 3.8) is 0 Å². The first kappa shape index (κ1) is 16.9. The highest BCUT2D eigenvalue weighted by Crippen LogP contribution is 2.18. The summed E-state index contributed by atoms with van der Waals surface area (Å²) >= 11 is 0. The first-order valence-electron chi connectivity index (χ1n) is 7.87. The fraction of sp³-hybridized carbons (Fsp3) is 0.158. The molecule has 0 spiro atoms. The summed E-state index contributed by atoms with van der Waals surface area (Å²) in [7, 11) is 0. The monoisotopic (exact) mass is 339 g/mol. The first-order valence-corrected chi connectivity index (χ1v) is 7.87. The van der Waals surface area contributed by atoms with Gasteiger partial charge in [-0.3, -0.25) is 4.79 Å². The van der Waals surface area contributed by atoms with E-state index >= 15 is 0 Å². The van der Waals surface area contributed by atoms with Crippen molar-refractivity contribution in [2.24, 2.45) is 0 Å². The van der Waals surface area contributed by atoms with E-state index in [9.17, 15) is 14.3 Å². The fourth-order valence-corrected chi connectivity index (χ4v) is 2.51. The molecular formula is C19H18FN3O2. The van der Waals surface area contributed by atoms with Gasteiger partial charge in [-0.2, -0.15) is 0 Å². The number of rotatable bonds is 5. The van der Waals surface area contributed by atoms with Crippen molar-refractivity contribution in [1.82, 2.24) is 14.9 Å². The average molecular weight is 339 g/mol. The summed E-state index contributed by atoms with van der Waals surface area (Å²) in [4.78, 5) is 16.3. The van der Waals surface area contributed by atoms with E-state index in [-0.39, 0.29) is 11.7 Å². The van der Waals surface area contributed by atoms with Crippen molar-refractivity contribution in [2.45, 2.75) is 19.1 Å². The Morgan fingerprint density at radius 3 is 2.44 bits per heavy atom. The molecule has 128 valence electrons. The number of imidazole rings is 1. The summed E-state index contributed by atoms with van der Waals surface area (Å²) in [5.74, 6) is -0.656. The second-order valence-corrected chi connectivity index (χ2v) is 5.78. The van der Waals surface area contributed by atoms with Crippen LogP contribution >= 0.6 is 0 Å². The molecule has 1 heterocycles. The highest BCUT2D eigenvalue weighted by molar-refractivity contribution is 5.94. The van der Waals surface area contributed by atoms with Crippen LogP contribution in [0, 0.1) is 5.82 Å². The Morgan fingerprint density at radius 1 is 1.16 bits per heavy atom. The van der Waals surface area contributed by atoms with Crippen molar-refractivity contribution < 1.29 is 14.3 Å². The number of hydrogen-bond donors (Lipinski definition) is 2. The SMILES string of the molecule is CC(NC(=O)c1ccc(-n2ccnc2)cc1)C(O)c1ccc(F)cc1. The number of benzene rings is 2. The highest BCUT2D eigenvalue weighted by atomic mass is 19.1. The van der Waals surface area contributed by atoms with E-state index < -0.39 is 12.1 Å². The van der Waals surface area contributed by atoms with Gasteiger partial charge in [-0.25, -0.2) is 9.37 Å². The molecule has 0 aliphatic carbocycles. The van der Waals surface area contributed by atoms with E-state index in [1.54, 1.807) is 31.6 Å². The molecule has 3 aromatic rings. The molecule has 2 unspecified atom stereocenters. The predicted octanol–water partition coefficient (Wildman–Crippen LogP) is 2.86. The highest BCUT2D eigenvalue weighted by Gasteiger charge is 2.19. The van der Waals surface area contributed by atoms with Crippen LogP contribution in [-0.2, 0) is 0 Å². The first-order chi connectivity index (χ1) is 12.0. The molecule has 1 aromatic heterocycles. The molecule has 0 saturated carbocycles. The van der Waals surface area contributed by atoms with Gasteiger partial charge in [-0.1, -0.05) is 12.1 Å². The van der Waals surface area contributed by atoms with E-state index in [4.69, 9.17) is 0 Å². The van der Waals surface area contributed by atoms with Gasteiger partial charge < -0.3 is 15.0 Å². The van der Waals surface area contributed by atoms with Crippen LogP contribution < -0.4 is 5.32 Å². The molecule has 5 nitrogen and oxygen atoms in total. The Balaban J connectivity index is 1.65. The maximum Gasteiger partial charge on any atom is 0.251 e. The summed E-state index contributed by atoms with van der Waals surface area (Å²) in [6.07, 6.45) is 4.25. The third-order valence-electron chi connectivity index (χ3n) is 3.98. The molecule has 2 aromatic carbocycles. The van der Waals surface area contributed by atoms with Gasteiger partial charge in [-0.15, -0.1) is 0 Å². The van der Waals surface area contributed by atoms with Crippen LogP contribution in [0.4, 0.5) is 4.39 Å². The molecule has 2 atom stereocenters. The molecule has 0 aliphatic rings. The third-order valence-corrected chi connectivity index (χ3v) is 3.98. The molecule has 0 fully saturated rings. The van der Waals surface area contributed by atoms with Crippen LogP contribution in [0.5, 0.6) is 0 Å². The number of aliphatic hydroxyl groups is 1. The topological polar surface area (TPSA) is 67.2 Å². The van der Waals surface area contributed by atoms with Gasteiger partial charge in [-0.05, 0) is 48.9 Å². The van der Waals surface area contributed by atoms with Crippen molar-refractivity contribution in [3.8, 4) is 5.69 Å². The minimum Gasteiger partial charge on any atom is -0.386 e. The van der Waals surface area contributed by atoms with Crippen LogP contribution in [0.2, 0.25) is 0 Å². The molecule has 0 saturated heterocycles. The Morgan fingerprint density at radius 2 is 1.84 bits per heavy atom. The molecule has 0 bridgehead atoms. The second-order valence-electron chi connectivity index (χ2n) is 5.78. The van der Waals surface area contributed by atoms with Crippen molar-refractivity contribution in [2.75, 3.05) is 0 Å². The normalized spacial score (nSPS) is 13.2. The minimum absolute atomic E-state index is 0.286. The lowest BCUT2D eigenvalue weighted by molar-refractivity contribution is 0.0852. The Kier molecular flexibility index (Phi) is 4.90. The summed E-state index contributed by atoms with van der Waals surface area (Å²) < 4.78 is 14.8. The molecular weight excluding hydrogens is 321 g/mol. The zero-order valence-electron chi connectivity index (χ0n) is 13.6. The summed E-state index contributed by atoms with van der Waals surface area (Å²) in [6, 6.07) is 12.1. The fourth-order valence-electron chi connectivity index (χ4n) is 2.51. The second kappa shape index (κ2) is 7.27. The number of carbonyl (C=O) groups is 1. The molecule has 25 heavy (non-hydrogen) atoms. The Bertz CT molecular complexity index is 830. The standard InChI is InChI=1S/C19H18FN3O2/c1-13(18(24)14-2-6-16(20)7-3-14)22-19(25)15-4-8-17(9-5-15)23-11-10-21-12-23/h2-13,18,24H,1H3,(H,22,25). The molecule has 0 radical (unpaired) electrons. The van der Waals surface area contributed by atoms with Crippen molar-refractivity contribution in [3.05, 3.63) is 84.2 Å².